The Morgan fingerprint density at radius 1 is 1.29 bits per heavy atom. The number of amides is 1. The minimum atomic E-state index is -2.39. The van der Waals surface area contributed by atoms with Gasteiger partial charge in [0.05, 0.1) is 6.10 Å². The number of hydrogen-bond acceptors (Lipinski definition) is 5. The van der Waals surface area contributed by atoms with Gasteiger partial charge >= 0.3 is 18.0 Å². The van der Waals surface area contributed by atoms with Gasteiger partial charge in [0.15, 0.2) is 0 Å². The molecule has 0 saturated carbocycles. The number of benzene rings is 1. The second kappa shape index (κ2) is 9.78. The highest BCUT2D eigenvalue weighted by Crippen LogP contribution is 2.26. The van der Waals surface area contributed by atoms with Gasteiger partial charge in [0.1, 0.15) is 5.60 Å². The van der Waals surface area contributed by atoms with Crippen molar-refractivity contribution in [3.8, 4) is 0 Å². The standard InChI is InChI=1S/C19H25ClINO6/c1-6-11(2)27-16(25)19(15(23)24,22-17(26)28-18(3,4)5)10-12-9-13(21)7-8-14(12)20/h7-9,11H,6,10H2,1-5H3,(H,22,26)(H,23,24). The van der Waals surface area contributed by atoms with Gasteiger partial charge in [-0.15, -0.1) is 0 Å². The summed E-state index contributed by atoms with van der Waals surface area (Å²) in [6.07, 6.45) is -1.49. The number of rotatable bonds is 7. The fourth-order valence-electron chi connectivity index (χ4n) is 2.19. The van der Waals surface area contributed by atoms with Crippen molar-refractivity contribution in [3.63, 3.8) is 0 Å². The van der Waals surface area contributed by atoms with Crippen LogP contribution in [0.2, 0.25) is 5.02 Å². The molecule has 1 rings (SSSR count). The van der Waals surface area contributed by atoms with Gasteiger partial charge in [-0.3, -0.25) is 5.32 Å². The number of ether oxygens (including phenoxy) is 2. The van der Waals surface area contributed by atoms with E-state index in [1.807, 2.05) is 22.6 Å². The molecule has 7 nitrogen and oxygen atoms in total. The Morgan fingerprint density at radius 3 is 2.39 bits per heavy atom. The van der Waals surface area contributed by atoms with Gasteiger partial charge in [-0.25, -0.2) is 14.4 Å². The highest BCUT2D eigenvalue weighted by molar-refractivity contribution is 14.1. The number of carbonyl (C=O) groups is 3. The molecule has 0 saturated heterocycles. The molecule has 0 bridgehead atoms. The van der Waals surface area contributed by atoms with E-state index in [1.165, 1.54) is 0 Å². The number of nitrogens with one attached hydrogen (secondary N) is 1. The van der Waals surface area contributed by atoms with E-state index in [2.05, 4.69) is 5.32 Å². The highest BCUT2D eigenvalue weighted by atomic mass is 127. The van der Waals surface area contributed by atoms with Crippen LogP contribution in [0, 0.1) is 3.57 Å². The number of esters is 1. The number of hydrogen-bond donors (Lipinski definition) is 2. The molecule has 1 amide bonds. The monoisotopic (exact) mass is 525 g/mol. The van der Waals surface area contributed by atoms with Crippen LogP contribution in [0.1, 0.15) is 46.6 Å². The summed E-state index contributed by atoms with van der Waals surface area (Å²) in [7, 11) is 0. The van der Waals surface area contributed by atoms with E-state index in [1.54, 1.807) is 52.8 Å². The van der Waals surface area contributed by atoms with E-state index in [4.69, 9.17) is 21.1 Å². The van der Waals surface area contributed by atoms with Crippen molar-refractivity contribution in [2.24, 2.45) is 0 Å². The highest BCUT2D eigenvalue weighted by Gasteiger charge is 2.51. The summed E-state index contributed by atoms with van der Waals surface area (Å²) in [5.74, 6) is -2.66. The molecule has 1 aromatic carbocycles. The summed E-state index contributed by atoms with van der Waals surface area (Å²) in [6, 6.07) is 4.99. The van der Waals surface area contributed by atoms with E-state index < -0.39 is 41.7 Å². The lowest BCUT2D eigenvalue weighted by Gasteiger charge is -2.31. The van der Waals surface area contributed by atoms with Gasteiger partial charge in [-0.2, -0.15) is 0 Å². The first-order chi connectivity index (χ1) is 12.8. The van der Waals surface area contributed by atoms with E-state index in [0.29, 0.717) is 12.0 Å². The molecule has 0 heterocycles. The predicted octanol–water partition coefficient (Wildman–Crippen LogP) is 4.18. The average Bonchev–Trinajstić information content (AvgIpc) is 2.55. The molecule has 2 atom stereocenters. The fourth-order valence-corrected chi connectivity index (χ4v) is 2.93. The Labute approximate surface area is 183 Å². The Hall–Kier alpha value is -1.55. The lowest BCUT2D eigenvalue weighted by molar-refractivity contribution is -0.166. The smallest absolute Gasteiger partial charge is 0.409 e. The molecule has 9 heteroatoms. The maximum absolute atomic E-state index is 12.9. The Balaban J connectivity index is 3.39. The number of halogens is 2. The number of carboxylic acids is 1. The quantitative estimate of drug-likeness (QED) is 0.315. The SMILES string of the molecule is CCC(C)OC(=O)C(Cc1cc(I)ccc1Cl)(NC(=O)OC(C)(C)C)C(=O)O. The third-order valence-electron chi connectivity index (χ3n) is 3.77. The second-order valence-electron chi connectivity index (χ2n) is 7.37. The molecular weight excluding hydrogens is 501 g/mol. The van der Waals surface area contributed by atoms with E-state index in [-0.39, 0.29) is 5.02 Å². The largest absolute Gasteiger partial charge is 0.479 e. The van der Waals surface area contributed by atoms with Crippen LogP contribution in [0.15, 0.2) is 18.2 Å². The summed E-state index contributed by atoms with van der Waals surface area (Å²) >= 11 is 8.24. The molecular formula is C19H25ClINO6. The Morgan fingerprint density at radius 2 is 1.89 bits per heavy atom. The van der Waals surface area contributed by atoms with Crippen molar-refractivity contribution in [2.75, 3.05) is 0 Å². The van der Waals surface area contributed by atoms with Gasteiger partial charge in [-0.1, -0.05) is 18.5 Å². The zero-order valence-corrected chi connectivity index (χ0v) is 19.4. The van der Waals surface area contributed by atoms with Crippen LogP contribution in [0.25, 0.3) is 0 Å². The summed E-state index contributed by atoms with van der Waals surface area (Å²) in [4.78, 5) is 37.4. The molecule has 0 aromatic heterocycles. The minimum absolute atomic E-state index is 0.272. The first-order valence-electron chi connectivity index (χ1n) is 8.70. The summed E-state index contributed by atoms with van der Waals surface area (Å²) in [5, 5.41) is 12.4. The van der Waals surface area contributed by atoms with E-state index in [0.717, 1.165) is 3.57 Å². The Kier molecular flexibility index (Phi) is 8.55. The molecule has 0 aliphatic rings. The summed E-state index contributed by atoms with van der Waals surface area (Å²) in [6.45, 7) is 8.31. The van der Waals surface area contributed by atoms with Gasteiger partial charge in [0.2, 0.25) is 5.54 Å². The van der Waals surface area contributed by atoms with Crippen LogP contribution in [0.5, 0.6) is 0 Å². The van der Waals surface area contributed by atoms with E-state index in [9.17, 15) is 19.5 Å². The molecule has 0 aliphatic heterocycles. The predicted molar refractivity (Wildman–Crippen MR) is 113 cm³/mol. The second-order valence-corrected chi connectivity index (χ2v) is 9.03. The molecule has 0 radical (unpaired) electrons. The number of alkyl carbamates (subject to hydrolysis) is 1. The number of aliphatic carboxylic acids is 1. The van der Waals surface area contributed by atoms with Crippen LogP contribution < -0.4 is 5.32 Å². The van der Waals surface area contributed by atoms with Crippen molar-refractivity contribution < 1.29 is 29.0 Å². The molecule has 28 heavy (non-hydrogen) atoms. The normalized spacial score (nSPS) is 14.5. The van der Waals surface area contributed by atoms with Crippen molar-refractivity contribution in [1.82, 2.24) is 5.32 Å². The lowest BCUT2D eigenvalue weighted by Crippen LogP contribution is -2.63. The summed E-state index contributed by atoms with van der Waals surface area (Å²) < 4.78 is 11.2. The van der Waals surface area contributed by atoms with Crippen molar-refractivity contribution in [1.29, 1.82) is 0 Å². The molecule has 156 valence electrons. The van der Waals surface area contributed by atoms with Crippen LogP contribution >= 0.6 is 34.2 Å². The zero-order chi connectivity index (χ0) is 21.7. The van der Waals surface area contributed by atoms with Crippen molar-refractivity contribution >= 4 is 52.2 Å². The average molecular weight is 526 g/mol. The first-order valence-corrected chi connectivity index (χ1v) is 10.2. The van der Waals surface area contributed by atoms with Crippen LogP contribution in [-0.2, 0) is 25.5 Å². The van der Waals surface area contributed by atoms with Crippen LogP contribution in [0.4, 0.5) is 4.79 Å². The molecule has 2 unspecified atom stereocenters. The molecule has 1 aromatic rings. The zero-order valence-electron chi connectivity index (χ0n) is 16.5. The Bertz CT molecular complexity index is 748. The van der Waals surface area contributed by atoms with Crippen molar-refractivity contribution in [2.45, 2.75) is 64.7 Å². The van der Waals surface area contributed by atoms with Gasteiger partial charge in [0.25, 0.3) is 0 Å². The number of carbonyl (C=O) groups excluding carboxylic acids is 2. The maximum Gasteiger partial charge on any atom is 0.409 e. The maximum atomic E-state index is 12.9. The molecule has 0 fully saturated rings. The fraction of sp³-hybridized carbons (Fsp3) is 0.526. The molecule has 0 aliphatic carbocycles. The van der Waals surface area contributed by atoms with Crippen molar-refractivity contribution in [3.05, 3.63) is 32.4 Å². The molecule has 2 N–H and O–H groups in total. The summed E-state index contributed by atoms with van der Waals surface area (Å²) in [5.41, 5.74) is -2.89. The van der Waals surface area contributed by atoms with Gasteiger partial charge in [-0.05, 0) is 80.5 Å². The van der Waals surface area contributed by atoms with Gasteiger partial charge < -0.3 is 14.6 Å². The van der Waals surface area contributed by atoms with Gasteiger partial charge in [0, 0.05) is 15.0 Å². The lowest BCUT2D eigenvalue weighted by atomic mass is 9.90. The third-order valence-corrected chi connectivity index (χ3v) is 4.81. The van der Waals surface area contributed by atoms with Crippen LogP contribution in [0.3, 0.4) is 0 Å². The minimum Gasteiger partial charge on any atom is -0.479 e. The van der Waals surface area contributed by atoms with E-state index >= 15 is 0 Å². The topological polar surface area (TPSA) is 102 Å². The molecule has 0 spiro atoms. The third kappa shape index (κ3) is 6.80. The number of carboxylic acid groups (broad SMARTS) is 1. The first kappa shape index (κ1) is 24.5. The van der Waals surface area contributed by atoms with Crippen LogP contribution in [-0.4, -0.2) is 40.4 Å².